The van der Waals surface area contributed by atoms with Crippen LogP contribution in [0.15, 0.2) is 0 Å². The number of rotatable bonds is 5. The second kappa shape index (κ2) is 6.21. The van der Waals surface area contributed by atoms with Gasteiger partial charge in [-0.3, -0.25) is 9.59 Å². The maximum absolute atomic E-state index is 12.5. The molecule has 1 aliphatic rings. The molecular formula is C14H26N2O2. The Bertz CT molecular complexity index is 315. The van der Waals surface area contributed by atoms with Gasteiger partial charge in [0.1, 0.15) is 12.1 Å². The summed E-state index contributed by atoms with van der Waals surface area (Å²) >= 11 is 0. The third kappa shape index (κ3) is 2.85. The first-order valence-electron chi connectivity index (χ1n) is 7.06. The van der Waals surface area contributed by atoms with Gasteiger partial charge >= 0.3 is 0 Å². The van der Waals surface area contributed by atoms with Gasteiger partial charge in [0.25, 0.3) is 0 Å². The highest BCUT2D eigenvalue weighted by Crippen LogP contribution is 2.22. The second-order valence-corrected chi connectivity index (χ2v) is 5.50. The minimum atomic E-state index is -0.327. The van der Waals surface area contributed by atoms with Gasteiger partial charge in [-0.15, -0.1) is 0 Å². The maximum atomic E-state index is 12.5. The molecule has 4 heteroatoms. The molecular weight excluding hydrogens is 228 g/mol. The van der Waals surface area contributed by atoms with Gasteiger partial charge < -0.3 is 10.2 Å². The summed E-state index contributed by atoms with van der Waals surface area (Å²) in [5.74, 6) is 0.448. The van der Waals surface area contributed by atoms with Crippen molar-refractivity contribution in [3.05, 3.63) is 0 Å². The number of amides is 2. The lowest BCUT2D eigenvalue weighted by atomic mass is 9.95. The monoisotopic (exact) mass is 254 g/mol. The van der Waals surface area contributed by atoms with E-state index in [1.165, 1.54) is 0 Å². The molecule has 1 fully saturated rings. The fourth-order valence-corrected chi connectivity index (χ4v) is 2.46. The van der Waals surface area contributed by atoms with Gasteiger partial charge in [-0.25, -0.2) is 0 Å². The summed E-state index contributed by atoms with van der Waals surface area (Å²) < 4.78 is 0. The average Bonchev–Trinajstić information content (AvgIpc) is 2.32. The van der Waals surface area contributed by atoms with Gasteiger partial charge in [-0.2, -0.15) is 0 Å². The van der Waals surface area contributed by atoms with Gasteiger partial charge in [0.2, 0.25) is 11.8 Å². The van der Waals surface area contributed by atoms with Crippen molar-refractivity contribution in [1.82, 2.24) is 10.2 Å². The van der Waals surface area contributed by atoms with Crippen molar-refractivity contribution < 1.29 is 9.59 Å². The van der Waals surface area contributed by atoms with E-state index in [0.717, 1.165) is 12.8 Å². The molecule has 1 saturated heterocycles. The highest BCUT2D eigenvalue weighted by Gasteiger charge is 2.41. The van der Waals surface area contributed by atoms with E-state index in [1.807, 2.05) is 25.7 Å². The number of carbonyl (C=O) groups is 2. The van der Waals surface area contributed by atoms with Crippen LogP contribution in [0, 0.1) is 5.92 Å². The lowest BCUT2D eigenvalue weighted by Gasteiger charge is -2.43. The minimum Gasteiger partial charge on any atom is -0.343 e. The van der Waals surface area contributed by atoms with Crippen LogP contribution in [0.4, 0.5) is 0 Å². The molecule has 4 nitrogen and oxygen atoms in total. The van der Waals surface area contributed by atoms with E-state index in [9.17, 15) is 9.59 Å². The predicted molar refractivity (Wildman–Crippen MR) is 72.1 cm³/mol. The van der Waals surface area contributed by atoms with Gasteiger partial charge in [0.15, 0.2) is 0 Å². The van der Waals surface area contributed by atoms with Gasteiger partial charge in [-0.05, 0) is 25.7 Å². The molecule has 1 aliphatic heterocycles. The Labute approximate surface area is 110 Å². The summed E-state index contributed by atoms with van der Waals surface area (Å²) in [5.41, 5.74) is 0. The highest BCUT2D eigenvalue weighted by molar-refractivity contribution is 5.97. The van der Waals surface area contributed by atoms with Crippen LogP contribution < -0.4 is 5.32 Å². The Hall–Kier alpha value is -1.06. The maximum Gasteiger partial charge on any atom is 0.246 e. The largest absolute Gasteiger partial charge is 0.343 e. The van der Waals surface area contributed by atoms with E-state index in [1.54, 1.807) is 0 Å². The van der Waals surface area contributed by atoms with Gasteiger partial charge in [-0.1, -0.05) is 34.1 Å². The van der Waals surface area contributed by atoms with Crippen LogP contribution in [0.2, 0.25) is 0 Å². The van der Waals surface area contributed by atoms with E-state index < -0.39 is 0 Å². The molecule has 0 saturated carbocycles. The van der Waals surface area contributed by atoms with Crippen LogP contribution in [-0.4, -0.2) is 34.8 Å². The molecule has 104 valence electrons. The third-order valence-electron chi connectivity index (χ3n) is 3.88. The third-order valence-corrected chi connectivity index (χ3v) is 3.88. The van der Waals surface area contributed by atoms with E-state index in [0.29, 0.717) is 12.3 Å². The topological polar surface area (TPSA) is 49.4 Å². The normalized spacial score (nSPS) is 26.4. The van der Waals surface area contributed by atoms with Crippen molar-refractivity contribution in [1.29, 1.82) is 0 Å². The average molecular weight is 254 g/mol. The number of nitrogens with zero attached hydrogens (tertiary/aromatic N) is 1. The summed E-state index contributed by atoms with van der Waals surface area (Å²) in [6, 6.07) is -0.526. The van der Waals surface area contributed by atoms with Crippen LogP contribution in [-0.2, 0) is 9.59 Å². The SMILES string of the molecule is CCCC1NC(=O)C(CC)N(C(C)C(C)C)C1=O. The smallest absolute Gasteiger partial charge is 0.246 e. The Balaban J connectivity index is 2.98. The van der Waals surface area contributed by atoms with Crippen LogP contribution in [0.25, 0.3) is 0 Å². The molecule has 0 spiro atoms. The molecule has 1 rings (SSSR count). The zero-order valence-electron chi connectivity index (χ0n) is 12.2. The molecule has 0 bridgehead atoms. The molecule has 0 aromatic carbocycles. The van der Waals surface area contributed by atoms with Crippen LogP contribution in [0.1, 0.15) is 53.9 Å². The van der Waals surface area contributed by atoms with Crippen molar-refractivity contribution in [2.24, 2.45) is 5.92 Å². The molecule has 1 heterocycles. The first-order valence-corrected chi connectivity index (χ1v) is 7.06. The number of nitrogens with one attached hydrogen (secondary N) is 1. The van der Waals surface area contributed by atoms with Crippen molar-refractivity contribution in [3.8, 4) is 0 Å². The van der Waals surface area contributed by atoms with Crippen LogP contribution in [0.5, 0.6) is 0 Å². The zero-order chi connectivity index (χ0) is 13.9. The molecule has 3 atom stereocenters. The first-order chi connectivity index (χ1) is 8.43. The van der Waals surface area contributed by atoms with Crippen molar-refractivity contribution >= 4 is 11.8 Å². The fourth-order valence-electron chi connectivity index (χ4n) is 2.46. The quantitative estimate of drug-likeness (QED) is 0.815. The van der Waals surface area contributed by atoms with Crippen LogP contribution in [0.3, 0.4) is 0 Å². The van der Waals surface area contributed by atoms with Crippen molar-refractivity contribution in [3.63, 3.8) is 0 Å². The standard InChI is InChI=1S/C14H26N2O2/c1-6-8-11-14(18)16(10(5)9(3)4)12(7-2)13(17)15-11/h9-12H,6-8H2,1-5H3,(H,15,17). The summed E-state index contributed by atoms with van der Waals surface area (Å²) in [7, 11) is 0. The zero-order valence-corrected chi connectivity index (χ0v) is 12.2. The summed E-state index contributed by atoms with van der Waals surface area (Å²) in [5, 5.41) is 2.86. The van der Waals surface area contributed by atoms with E-state index in [2.05, 4.69) is 19.2 Å². The lowest BCUT2D eigenvalue weighted by molar-refractivity contribution is -0.153. The molecule has 2 amide bonds. The molecule has 3 unspecified atom stereocenters. The number of hydrogen-bond donors (Lipinski definition) is 1. The molecule has 0 aromatic heterocycles. The van der Waals surface area contributed by atoms with E-state index in [4.69, 9.17) is 0 Å². The number of carbonyl (C=O) groups excluding carboxylic acids is 2. The highest BCUT2D eigenvalue weighted by atomic mass is 16.2. The summed E-state index contributed by atoms with van der Waals surface area (Å²) in [6.07, 6.45) is 2.30. The summed E-state index contributed by atoms with van der Waals surface area (Å²) in [6.45, 7) is 10.2. The van der Waals surface area contributed by atoms with Crippen molar-refractivity contribution in [2.75, 3.05) is 0 Å². The number of piperazine rings is 1. The van der Waals surface area contributed by atoms with Gasteiger partial charge in [0, 0.05) is 6.04 Å². The Morgan fingerprint density at radius 2 is 1.83 bits per heavy atom. The van der Waals surface area contributed by atoms with Crippen molar-refractivity contribution in [2.45, 2.75) is 72.0 Å². The summed E-state index contributed by atoms with van der Waals surface area (Å²) in [4.78, 5) is 26.4. The molecule has 1 N–H and O–H groups in total. The molecule has 0 aromatic rings. The lowest BCUT2D eigenvalue weighted by Crippen LogP contribution is -2.65. The van der Waals surface area contributed by atoms with E-state index >= 15 is 0 Å². The Morgan fingerprint density at radius 1 is 1.22 bits per heavy atom. The first kappa shape index (κ1) is 15.0. The molecule has 0 radical (unpaired) electrons. The number of hydrogen-bond acceptors (Lipinski definition) is 2. The Morgan fingerprint density at radius 3 is 2.28 bits per heavy atom. The fraction of sp³-hybridized carbons (Fsp3) is 0.857. The minimum absolute atomic E-state index is 0.00282. The predicted octanol–water partition coefficient (Wildman–Crippen LogP) is 1.94. The second-order valence-electron chi connectivity index (χ2n) is 5.50. The molecule has 18 heavy (non-hydrogen) atoms. The Kier molecular flexibility index (Phi) is 5.17. The van der Waals surface area contributed by atoms with E-state index in [-0.39, 0.29) is 29.9 Å². The van der Waals surface area contributed by atoms with Crippen LogP contribution >= 0.6 is 0 Å². The molecule has 0 aliphatic carbocycles. The van der Waals surface area contributed by atoms with Gasteiger partial charge in [0.05, 0.1) is 0 Å².